The Labute approximate surface area is 93.6 Å². The van der Waals surface area contributed by atoms with Gasteiger partial charge in [-0.25, -0.2) is 0 Å². The predicted octanol–water partition coefficient (Wildman–Crippen LogP) is 0.428. The number of aryl methyl sites for hydroxylation is 1. The Balaban J connectivity index is 1.93. The molecule has 0 spiro atoms. The summed E-state index contributed by atoms with van der Waals surface area (Å²) < 4.78 is 10.3. The number of Topliss-reactive ketones (excluding diaryl/α,β-unsaturated/α-hetero) is 1. The minimum Gasteiger partial charge on any atom is -0.378 e. The van der Waals surface area contributed by atoms with Crippen LogP contribution < -0.4 is 4.90 Å². The molecule has 0 aromatic carbocycles. The molecule has 1 aromatic heterocycles. The third-order valence-corrected chi connectivity index (χ3v) is 2.44. The summed E-state index contributed by atoms with van der Waals surface area (Å²) in [7, 11) is 0. The molecule has 1 aromatic rings. The monoisotopic (exact) mass is 225 g/mol. The molecule has 1 aliphatic rings. The van der Waals surface area contributed by atoms with Crippen molar-refractivity contribution in [2.45, 2.75) is 19.8 Å². The summed E-state index contributed by atoms with van der Waals surface area (Å²) in [5, 5.41) is 3.89. The van der Waals surface area contributed by atoms with Gasteiger partial charge in [-0.05, 0) is 12.1 Å². The van der Waals surface area contributed by atoms with E-state index in [4.69, 9.17) is 9.26 Å². The van der Waals surface area contributed by atoms with E-state index in [1.165, 1.54) is 0 Å². The number of aromatic nitrogens is 2. The molecule has 0 amide bonds. The summed E-state index contributed by atoms with van der Waals surface area (Å²) in [5.41, 5.74) is 0. The first-order valence-electron chi connectivity index (χ1n) is 5.40. The number of hydrogen-bond acceptors (Lipinski definition) is 6. The number of ketones is 1. The average molecular weight is 225 g/mol. The zero-order valence-electron chi connectivity index (χ0n) is 9.31. The van der Waals surface area contributed by atoms with Crippen LogP contribution in [0.4, 0.5) is 5.95 Å². The molecule has 0 atom stereocenters. The van der Waals surface area contributed by atoms with Crippen LogP contribution in [0.15, 0.2) is 4.52 Å². The van der Waals surface area contributed by atoms with Crippen LogP contribution in [-0.2, 0) is 16.0 Å². The second-order valence-corrected chi connectivity index (χ2v) is 3.79. The molecular formula is C10H15N3O3. The number of anilines is 1. The Morgan fingerprint density at radius 1 is 1.44 bits per heavy atom. The van der Waals surface area contributed by atoms with Crippen molar-refractivity contribution < 1.29 is 14.1 Å². The fourth-order valence-corrected chi connectivity index (χ4v) is 1.52. The van der Waals surface area contributed by atoms with Crippen LogP contribution in [0.2, 0.25) is 0 Å². The van der Waals surface area contributed by atoms with Crippen molar-refractivity contribution in [2.75, 3.05) is 31.2 Å². The lowest BCUT2D eigenvalue weighted by atomic mass is 10.2. The fourth-order valence-electron chi connectivity index (χ4n) is 1.52. The van der Waals surface area contributed by atoms with Crippen molar-refractivity contribution in [3.63, 3.8) is 0 Å². The van der Waals surface area contributed by atoms with Gasteiger partial charge in [0.1, 0.15) is 5.78 Å². The molecule has 0 unspecified atom stereocenters. The van der Waals surface area contributed by atoms with Gasteiger partial charge in [0, 0.05) is 25.9 Å². The Morgan fingerprint density at radius 2 is 2.19 bits per heavy atom. The fraction of sp³-hybridized carbons (Fsp3) is 0.700. The maximum atomic E-state index is 10.8. The van der Waals surface area contributed by atoms with Crippen molar-refractivity contribution in [1.82, 2.24) is 10.1 Å². The van der Waals surface area contributed by atoms with Gasteiger partial charge in [0.05, 0.1) is 13.2 Å². The molecule has 6 heteroatoms. The largest absolute Gasteiger partial charge is 0.378 e. The van der Waals surface area contributed by atoms with Gasteiger partial charge >= 0.3 is 0 Å². The van der Waals surface area contributed by atoms with Gasteiger partial charge in [-0.2, -0.15) is 4.98 Å². The molecule has 0 bridgehead atoms. The van der Waals surface area contributed by atoms with E-state index in [1.54, 1.807) is 6.92 Å². The highest BCUT2D eigenvalue weighted by Crippen LogP contribution is 2.12. The van der Waals surface area contributed by atoms with Gasteiger partial charge in [-0.15, -0.1) is 0 Å². The second-order valence-electron chi connectivity index (χ2n) is 3.79. The summed E-state index contributed by atoms with van der Waals surface area (Å²) in [6.45, 7) is 4.51. The number of ether oxygens (including phenoxy) is 1. The molecule has 1 aliphatic heterocycles. The minimum atomic E-state index is 0.131. The highest BCUT2D eigenvalue weighted by atomic mass is 16.5. The number of hydrogen-bond donors (Lipinski definition) is 0. The van der Waals surface area contributed by atoms with Crippen LogP contribution in [0.3, 0.4) is 0 Å². The molecule has 88 valence electrons. The van der Waals surface area contributed by atoms with Gasteiger partial charge in [0.25, 0.3) is 5.95 Å². The lowest BCUT2D eigenvalue weighted by molar-refractivity contribution is -0.117. The molecule has 2 rings (SSSR count). The van der Waals surface area contributed by atoms with Crippen LogP contribution in [0.5, 0.6) is 0 Å². The van der Waals surface area contributed by atoms with E-state index in [0.717, 1.165) is 13.1 Å². The van der Waals surface area contributed by atoms with E-state index in [0.29, 0.717) is 37.9 Å². The molecule has 6 nitrogen and oxygen atoms in total. The lowest BCUT2D eigenvalue weighted by Crippen LogP contribution is -2.36. The van der Waals surface area contributed by atoms with E-state index >= 15 is 0 Å². The van der Waals surface area contributed by atoms with Crippen LogP contribution in [0, 0.1) is 0 Å². The Hall–Kier alpha value is -1.43. The van der Waals surface area contributed by atoms with E-state index in [2.05, 4.69) is 10.1 Å². The first-order chi connectivity index (χ1) is 7.75. The molecule has 2 heterocycles. The number of morpholine rings is 1. The third kappa shape index (κ3) is 2.79. The molecule has 1 saturated heterocycles. The van der Waals surface area contributed by atoms with Gasteiger partial charge in [0.2, 0.25) is 5.89 Å². The van der Waals surface area contributed by atoms with E-state index in [-0.39, 0.29) is 5.78 Å². The van der Waals surface area contributed by atoms with Crippen molar-refractivity contribution in [3.8, 4) is 0 Å². The molecule has 0 saturated carbocycles. The molecule has 16 heavy (non-hydrogen) atoms. The van der Waals surface area contributed by atoms with Crippen LogP contribution in [0.25, 0.3) is 0 Å². The van der Waals surface area contributed by atoms with Crippen molar-refractivity contribution in [2.24, 2.45) is 0 Å². The normalized spacial score (nSPS) is 16.4. The summed E-state index contributed by atoms with van der Waals surface area (Å²) in [4.78, 5) is 17.1. The molecular weight excluding hydrogens is 210 g/mol. The SMILES string of the molecule is CC(=O)CCc1nc(N2CCOCC2)no1. The first-order valence-corrected chi connectivity index (χ1v) is 5.40. The van der Waals surface area contributed by atoms with Crippen molar-refractivity contribution >= 4 is 11.7 Å². The van der Waals surface area contributed by atoms with Crippen LogP contribution >= 0.6 is 0 Å². The summed E-state index contributed by atoms with van der Waals surface area (Å²) in [5.74, 6) is 1.25. The van der Waals surface area contributed by atoms with E-state index < -0.39 is 0 Å². The lowest BCUT2D eigenvalue weighted by Gasteiger charge is -2.24. The van der Waals surface area contributed by atoms with Gasteiger partial charge in [0.15, 0.2) is 0 Å². The van der Waals surface area contributed by atoms with E-state index in [9.17, 15) is 4.79 Å². The Morgan fingerprint density at radius 3 is 2.88 bits per heavy atom. The Bertz CT molecular complexity index is 358. The third-order valence-electron chi connectivity index (χ3n) is 2.44. The zero-order chi connectivity index (χ0) is 11.4. The van der Waals surface area contributed by atoms with Crippen molar-refractivity contribution in [1.29, 1.82) is 0 Å². The highest BCUT2D eigenvalue weighted by molar-refractivity contribution is 5.75. The van der Waals surface area contributed by atoms with Crippen LogP contribution in [-0.4, -0.2) is 42.2 Å². The summed E-state index contributed by atoms with van der Waals surface area (Å²) >= 11 is 0. The topological polar surface area (TPSA) is 68.5 Å². The van der Waals surface area contributed by atoms with E-state index in [1.807, 2.05) is 4.90 Å². The first kappa shape index (κ1) is 11.1. The van der Waals surface area contributed by atoms with Crippen LogP contribution in [0.1, 0.15) is 19.2 Å². The van der Waals surface area contributed by atoms with Gasteiger partial charge < -0.3 is 19.0 Å². The van der Waals surface area contributed by atoms with Crippen molar-refractivity contribution in [3.05, 3.63) is 5.89 Å². The standard InChI is InChI=1S/C10H15N3O3/c1-8(14)2-3-9-11-10(12-16-9)13-4-6-15-7-5-13/h2-7H2,1H3. The second kappa shape index (κ2) is 5.07. The number of carbonyl (C=O) groups excluding carboxylic acids is 1. The number of nitrogens with zero attached hydrogens (tertiary/aromatic N) is 3. The smallest absolute Gasteiger partial charge is 0.266 e. The maximum absolute atomic E-state index is 10.8. The number of carbonyl (C=O) groups is 1. The van der Waals surface area contributed by atoms with Gasteiger partial charge in [-0.3, -0.25) is 0 Å². The number of rotatable bonds is 4. The maximum Gasteiger partial charge on any atom is 0.266 e. The zero-order valence-corrected chi connectivity index (χ0v) is 9.31. The summed E-state index contributed by atoms with van der Waals surface area (Å²) in [6, 6.07) is 0. The average Bonchev–Trinajstić information content (AvgIpc) is 2.76. The minimum absolute atomic E-state index is 0.131. The highest BCUT2D eigenvalue weighted by Gasteiger charge is 2.16. The predicted molar refractivity (Wildman–Crippen MR) is 56.3 cm³/mol. The Kier molecular flexibility index (Phi) is 3.51. The molecule has 0 radical (unpaired) electrons. The molecule has 1 fully saturated rings. The quantitative estimate of drug-likeness (QED) is 0.740. The molecule has 0 N–H and O–H groups in total. The molecule has 0 aliphatic carbocycles. The summed E-state index contributed by atoms with van der Waals surface area (Å²) in [6.07, 6.45) is 0.970. The van der Waals surface area contributed by atoms with Gasteiger partial charge in [-0.1, -0.05) is 0 Å².